The van der Waals surface area contributed by atoms with Gasteiger partial charge < -0.3 is 16.4 Å². The highest BCUT2D eigenvalue weighted by Gasteiger charge is 2.20. The maximum atomic E-state index is 12.8. The Kier molecular flexibility index (Phi) is 5.31. The lowest BCUT2D eigenvalue weighted by Gasteiger charge is -2.16. The van der Waals surface area contributed by atoms with Crippen LogP contribution in [0.2, 0.25) is 0 Å². The number of anilines is 2. The van der Waals surface area contributed by atoms with Gasteiger partial charge in [0, 0.05) is 36.0 Å². The van der Waals surface area contributed by atoms with Crippen molar-refractivity contribution in [3.8, 4) is 23.1 Å². The van der Waals surface area contributed by atoms with Crippen molar-refractivity contribution in [1.29, 1.82) is 0 Å². The van der Waals surface area contributed by atoms with E-state index in [2.05, 4.69) is 26.8 Å². The zero-order valence-electron chi connectivity index (χ0n) is 16.7. The van der Waals surface area contributed by atoms with Crippen LogP contribution in [0.15, 0.2) is 42.6 Å². The fourth-order valence-corrected chi connectivity index (χ4v) is 3.47. The number of carbonyl (C=O) groups is 1. The maximum absolute atomic E-state index is 12.8. The van der Waals surface area contributed by atoms with Gasteiger partial charge in [-0.25, -0.2) is 15.0 Å². The molecule has 1 aliphatic rings. The number of likely N-dealkylation sites (tertiary alicyclic amines) is 1. The van der Waals surface area contributed by atoms with Crippen LogP contribution in [-0.2, 0) is 0 Å². The molecule has 0 bridgehead atoms. The van der Waals surface area contributed by atoms with E-state index in [0.29, 0.717) is 28.3 Å². The first kappa shape index (κ1) is 19.4. The molecule has 1 fully saturated rings. The number of aryl methyl sites for hydroxylation is 1. The summed E-state index contributed by atoms with van der Waals surface area (Å²) in [7, 11) is 0. The van der Waals surface area contributed by atoms with Gasteiger partial charge in [-0.2, -0.15) is 0 Å². The molecule has 3 heterocycles. The third-order valence-electron chi connectivity index (χ3n) is 5.00. The molecule has 0 unspecified atom stereocenters. The fourth-order valence-electron chi connectivity index (χ4n) is 3.47. The predicted octanol–water partition coefficient (Wildman–Crippen LogP) is 2.65. The molecule has 0 aliphatic carbocycles. The Balaban J connectivity index is 1.75. The molecule has 4 N–H and O–H groups in total. The molecule has 2 aromatic heterocycles. The molecule has 30 heavy (non-hydrogen) atoms. The summed E-state index contributed by atoms with van der Waals surface area (Å²) in [5.74, 6) is 6.86. The summed E-state index contributed by atoms with van der Waals surface area (Å²) < 4.78 is 0. The zero-order chi connectivity index (χ0) is 21.1. The summed E-state index contributed by atoms with van der Waals surface area (Å²) in [5, 5.41) is 0. The summed E-state index contributed by atoms with van der Waals surface area (Å²) >= 11 is 0. The van der Waals surface area contributed by atoms with Gasteiger partial charge in [0.05, 0.1) is 17.0 Å². The average Bonchev–Trinajstić information content (AvgIpc) is 3.28. The SMILES string of the molecule is Cc1nc(N)nc(-c2cccc(C(=O)N3CCCC3)c2)c1C#Cc1ccc(N)nc1. The monoisotopic (exact) mass is 398 g/mol. The molecule has 1 aliphatic heterocycles. The number of benzene rings is 1. The highest BCUT2D eigenvalue weighted by Crippen LogP contribution is 2.26. The van der Waals surface area contributed by atoms with Gasteiger partial charge in [0.25, 0.3) is 5.91 Å². The van der Waals surface area contributed by atoms with Gasteiger partial charge in [-0.15, -0.1) is 0 Å². The van der Waals surface area contributed by atoms with E-state index in [1.54, 1.807) is 18.3 Å². The van der Waals surface area contributed by atoms with Crippen LogP contribution in [0.25, 0.3) is 11.3 Å². The summed E-state index contributed by atoms with van der Waals surface area (Å²) in [6.45, 7) is 3.44. The van der Waals surface area contributed by atoms with E-state index >= 15 is 0 Å². The quantitative estimate of drug-likeness (QED) is 0.642. The molecule has 3 aromatic rings. The number of rotatable bonds is 2. The molecule has 4 rings (SSSR count). The Morgan fingerprint density at radius 2 is 1.87 bits per heavy atom. The molecule has 0 saturated carbocycles. The Labute approximate surface area is 175 Å². The largest absolute Gasteiger partial charge is 0.384 e. The number of nitrogens with two attached hydrogens (primary N) is 2. The van der Waals surface area contributed by atoms with Gasteiger partial charge in [0.2, 0.25) is 5.95 Å². The van der Waals surface area contributed by atoms with Crippen LogP contribution in [0.5, 0.6) is 0 Å². The molecular formula is C23H22N6O. The average molecular weight is 398 g/mol. The molecule has 0 radical (unpaired) electrons. The second kappa shape index (κ2) is 8.21. The molecule has 150 valence electrons. The van der Waals surface area contributed by atoms with Gasteiger partial charge in [-0.3, -0.25) is 4.79 Å². The Hall–Kier alpha value is -3.92. The first-order valence-electron chi connectivity index (χ1n) is 9.78. The zero-order valence-corrected chi connectivity index (χ0v) is 16.7. The van der Waals surface area contributed by atoms with Crippen molar-refractivity contribution in [3.05, 3.63) is 65.0 Å². The fraction of sp³-hybridized carbons (Fsp3) is 0.217. The number of aromatic nitrogens is 3. The van der Waals surface area contributed by atoms with E-state index in [0.717, 1.165) is 37.1 Å². The minimum Gasteiger partial charge on any atom is -0.384 e. The van der Waals surface area contributed by atoms with Gasteiger partial charge in [-0.1, -0.05) is 24.0 Å². The van der Waals surface area contributed by atoms with Crippen molar-refractivity contribution in [2.24, 2.45) is 0 Å². The number of amides is 1. The van der Waals surface area contributed by atoms with Crippen molar-refractivity contribution < 1.29 is 4.79 Å². The van der Waals surface area contributed by atoms with E-state index in [4.69, 9.17) is 11.5 Å². The lowest BCUT2D eigenvalue weighted by atomic mass is 10.0. The van der Waals surface area contributed by atoms with Crippen LogP contribution in [-0.4, -0.2) is 38.8 Å². The summed E-state index contributed by atoms with van der Waals surface area (Å²) in [4.78, 5) is 27.4. The first-order chi connectivity index (χ1) is 14.5. The number of hydrogen-bond donors (Lipinski definition) is 2. The van der Waals surface area contributed by atoms with E-state index < -0.39 is 0 Å². The second-order valence-electron chi connectivity index (χ2n) is 7.19. The van der Waals surface area contributed by atoms with Crippen molar-refractivity contribution in [1.82, 2.24) is 19.9 Å². The number of hydrogen-bond acceptors (Lipinski definition) is 6. The predicted molar refractivity (Wildman–Crippen MR) is 116 cm³/mol. The Morgan fingerprint density at radius 1 is 1.07 bits per heavy atom. The van der Waals surface area contributed by atoms with Gasteiger partial charge in [0.1, 0.15) is 5.82 Å². The van der Waals surface area contributed by atoms with E-state index in [-0.39, 0.29) is 11.9 Å². The molecule has 0 atom stereocenters. The van der Waals surface area contributed by atoms with Crippen molar-refractivity contribution >= 4 is 17.7 Å². The second-order valence-corrected chi connectivity index (χ2v) is 7.19. The van der Waals surface area contributed by atoms with Crippen molar-refractivity contribution in [3.63, 3.8) is 0 Å². The van der Waals surface area contributed by atoms with E-state index in [9.17, 15) is 4.79 Å². The Morgan fingerprint density at radius 3 is 2.60 bits per heavy atom. The third-order valence-corrected chi connectivity index (χ3v) is 5.00. The van der Waals surface area contributed by atoms with Gasteiger partial charge in [0.15, 0.2) is 0 Å². The number of nitrogen functional groups attached to an aromatic ring is 2. The molecular weight excluding hydrogens is 376 g/mol. The van der Waals surface area contributed by atoms with Crippen LogP contribution in [0.3, 0.4) is 0 Å². The summed E-state index contributed by atoms with van der Waals surface area (Å²) in [6.07, 6.45) is 3.71. The molecule has 1 aromatic carbocycles. The molecule has 7 heteroatoms. The normalized spacial score (nSPS) is 13.0. The highest BCUT2D eigenvalue weighted by atomic mass is 16.2. The lowest BCUT2D eigenvalue weighted by molar-refractivity contribution is 0.0793. The van der Waals surface area contributed by atoms with Crippen LogP contribution in [0.1, 0.15) is 40.0 Å². The molecule has 7 nitrogen and oxygen atoms in total. The number of carbonyl (C=O) groups excluding carboxylic acids is 1. The minimum absolute atomic E-state index is 0.0358. The standard InChI is InChI=1S/C23H22N6O/c1-15-19(9-7-16-8-10-20(24)26-14-16)21(28-23(25)27-15)17-5-4-6-18(13-17)22(30)29-11-2-3-12-29/h4-6,8,10,13-14H,2-3,11-12H2,1H3,(H2,24,26)(H2,25,27,28). The highest BCUT2D eigenvalue weighted by molar-refractivity contribution is 5.95. The van der Waals surface area contributed by atoms with Crippen LogP contribution >= 0.6 is 0 Å². The summed E-state index contributed by atoms with van der Waals surface area (Å²) in [5.41, 5.74) is 15.6. The summed E-state index contributed by atoms with van der Waals surface area (Å²) in [6, 6.07) is 10.9. The van der Waals surface area contributed by atoms with Gasteiger partial charge >= 0.3 is 0 Å². The van der Waals surface area contributed by atoms with Crippen LogP contribution < -0.4 is 11.5 Å². The smallest absolute Gasteiger partial charge is 0.253 e. The number of nitrogens with zero attached hydrogens (tertiary/aromatic N) is 4. The Bertz CT molecular complexity index is 1150. The van der Waals surface area contributed by atoms with E-state index in [1.165, 1.54) is 0 Å². The lowest BCUT2D eigenvalue weighted by Crippen LogP contribution is -2.27. The van der Waals surface area contributed by atoms with Crippen molar-refractivity contribution in [2.75, 3.05) is 24.6 Å². The minimum atomic E-state index is 0.0358. The topological polar surface area (TPSA) is 111 Å². The first-order valence-corrected chi connectivity index (χ1v) is 9.78. The van der Waals surface area contributed by atoms with Crippen LogP contribution in [0, 0.1) is 18.8 Å². The number of pyridine rings is 1. The molecule has 1 amide bonds. The van der Waals surface area contributed by atoms with Gasteiger partial charge in [-0.05, 0) is 44.0 Å². The van der Waals surface area contributed by atoms with Crippen molar-refractivity contribution in [2.45, 2.75) is 19.8 Å². The maximum Gasteiger partial charge on any atom is 0.253 e. The third kappa shape index (κ3) is 4.08. The molecule has 0 spiro atoms. The van der Waals surface area contributed by atoms with Crippen LogP contribution in [0.4, 0.5) is 11.8 Å². The van der Waals surface area contributed by atoms with E-state index in [1.807, 2.05) is 36.1 Å². The molecule has 1 saturated heterocycles.